The van der Waals surface area contributed by atoms with Gasteiger partial charge in [0.1, 0.15) is 11.4 Å². The zero-order chi connectivity index (χ0) is 18.8. The monoisotopic (exact) mass is 409 g/mol. The van der Waals surface area contributed by atoms with E-state index in [1.165, 1.54) is 11.3 Å². The summed E-state index contributed by atoms with van der Waals surface area (Å²) in [6, 6.07) is 7.54. The first-order chi connectivity index (χ1) is 12.4. The molecule has 0 aliphatic rings. The smallest absolute Gasteiger partial charge is 0.278 e. The SMILES string of the molecule is COc1ccc2nc(N(CCN(C)C)C(=O)c3cc(C)nn3C)sc2c1.Cl. The number of amides is 1. The van der Waals surface area contributed by atoms with E-state index >= 15 is 0 Å². The van der Waals surface area contributed by atoms with Crippen molar-refractivity contribution in [1.82, 2.24) is 19.7 Å². The summed E-state index contributed by atoms with van der Waals surface area (Å²) in [6.07, 6.45) is 0. The number of fused-ring (bicyclic) bond motifs is 1. The second-order valence-electron chi connectivity index (χ2n) is 6.38. The predicted octanol–water partition coefficient (Wildman–Crippen LogP) is 2.98. The van der Waals surface area contributed by atoms with Gasteiger partial charge in [0.15, 0.2) is 5.13 Å². The number of anilines is 1. The maximum Gasteiger partial charge on any atom is 0.278 e. The Morgan fingerprint density at radius 3 is 2.59 bits per heavy atom. The molecule has 3 aromatic rings. The van der Waals surface area contributed by atoms with Crippen molar-refractivity contribution in [1.29, 1.82) is 0 Å². The molecule has 0 aliphatic carbocycles. The van der Waals surface area contributed by atoms with Crippen molar-refractivity contribution in [2.24, 2.45) is 7.05 Å². The van der Waals surface area contributed by atoms with Crippen molar-refractivity contribution in [3.8, 4) is 5.75 Å². The third-order valence-electron chi connectivity index (χ3n) is 4.05. The molecule has 9 heteroatoms. The van der Waals surface area contributed by atoms with E-state index in [1.807, 2.05) is 44.1 Å². The van der Waals surface area contributed by atoms with Crippen molar-refractivity contribution in [2.75, 3.05) is 39.2 Å². The van der Waals surface area contributed by atoms with Gasteiger partial charge in [0, 0.05) is 20.1 Å². The van der Waals surface area contributed by atoms with Crippen molar-refractivity contribution in [2.45, 2.75) is 6.92 Å². The van der Waals surface area contributed by atoms with Crippen LogP contribution in [0.15, 0.2) is 24.3 Å². The number of hydrogen-bond donors (Lipinski definition) is 0. The molecule has 0 saturated heterocycles. The summed E-state index contributed by atoms with van der Waals surface area (Å²) in [6.45, 7) is 3.17. The highest BCUT2D eigenvalue weighted by atomic mass is 35.5. The van der Waals surface area contributed by atoms with E-state index in [-0.39, 0.29) is 18.3 Å². The van der Waals surface area contributed by atoms with Crippen molar-refractivity contribution < 1.29 is 9.53 Å². The molecule has 0 aliphatic heterocycles. The predicted molar refractivity (Wildman–Crippen MR) is 112 cm³/mol. The lowest BCUT2D eigenvalue weighted by atomic mass is 10.3. The number of hydrogen-bond acceptors (Lipinski definition) is 6. The highest BCUT2D eigenvalue weighted by Crippen LogP contribution is 2.32. The zero-order valence-electron chi connectivity index (χ0n) is 16.1. The van der Waals surface area contributed by atoms with Crippen LogP contribution in [0, 0.1) is 6.92 Å². The molecule has 0 spiro atoms. The summed E-state index contributed by atoms with van der Waals surface area (Å²) in [5.74, 6) is 0.682. The van der Waals surface area contributed by atoms with Crippen LogP contribution in [0.1, 0.15) is 16.2 Å². The molecule has 0 bridgehead atoms. The second-order valence-corrected chi connectivity index (χ2v) is 7.39. The summed E-state index contributed by atoms with van der Waals surface area (Å²) in [7, 11) is 7.40. The third-order valence-corrected chi connectivity index (χ3v) is 5.09. The van der Waals surface area contributed by atoms with Crippen LogP contribution in [0.4, 0.5) is 5.13 Å². The maximum atomic E-state index is 13.2. The van der Waals surface area contributed by atoms with Gasteiger partial charge in [-0.15, -0.1) is 12.4 Å². The first-order valence-corrected chi connectivity index (χ1v) is 9.12. The number of rotatable bonds is 6. The molecule has 27 heavy (non-hydrogen) atoms. The molecule has 0 radical (unpaired) electrons. The average molecular weight is 410 g/mol. The third kappa shape index (κ3) is 4.58. The van der Waals surface area contributed by atoms with Crippen molar-refractivity contribution >= 4 is 45.0 Å². The van der Waals surface area contributed by atoms with Crippen molar-refractivity contribution in [3.05, 3.63) is 35.7 Å². The molecule has 2 aromatic heterocycles. The Bertz CT molecular complexity index is 937. The topological polar surface area (TPSA) is 63.5 Å². The van der Waals surface area contributed by atoms with Crippen LogP contribution in [0.5, 0.6) is 5.75 Å². The number of halogens is 1. The Labute approximate surface area is 169 Å². The lowest BCUT2D eigenvalue weighted by molar-refractivity contribution is 0.0976. The van der Waals surface area contributed by atoms with Crippen LogP contribution in [0.25, 0.3) is 10.2 Å². The minimum absolute atomic E-state index is 0. The molecular formula is C18H24ClN5O2S. The maximum absolute atomic E-state index is 13.2. The van der Waals surface area contributed by atoms with E-state index in [1.54, 1.807) is 29.8 Å². The van der Waals surface area contributed by atoms with Gasteiger partial charge in [-0.1, -0.05) is 11.3 Å². The average Bonchev–Trinajstić information content (AvgIpc) is 3.16. The number of benzene rings is 1. The molecule has 3 rings (SSSR count). The minimum Gasteiger partial charge on any atom is -0.497 e. The first kappa shape index (κ1) is 21.1. The second kappa shape index (κ2) is 8.69. The Balaban J connectivity index is 0.00000261. The van der Waals surface area contributed by atoms with Gasteiger partial charge in [0.05, 0.1) is 23.0 Å². The molecule has 2 heterocycles. The Hall–Kier alpha value is -2.16. The number of aromatic nitrogens is 3. The standard InChI is InChI=1S/C18H23N5O2S.ClH/c1-12-10-15(22(4)20-12)17(24)23(9-8-21(2)3)18-19-14-7-6-13(25-5)11-16(14)26-18;/h6-7,10-11H,8-9H2,1-5H3;1H. The van der Waals surface area contributed by atoms with Gasteiger partial charge in [-0.05, 0) is 45.3 Å². The van der Waals surface area contributed by atoms with Gasteiger partial charge in [0.2, 0.25) is 0 Å². The van der Waals surface area contributed by atoms with E-state index in [2.05, 4.69) is 10.1 Å². The van der Waals surface area contributed by atoms with E-state index in [4.69, 9.17) is 4.74 Å². The highest BCUT2D eigenvalue weighted by Gasteiger charge is 2.24. The molecule has 146 valence electrons. The fourth-order valence-electron chi connectivity index (χ4n) is 2.67. The quantitative estimate of drug-likeness (QED) is 0.626. The number of ether oxygens (including phenoxy) is 1. The lowest BCUT2D eigenvalue weighted by Crippen LogP contribution is -2.37. The summed E-state index contributed by atoms with van der Waals surface area (Å²) in [5, 5.41) is 4.97. The summed E-state index contributed by atoms with van der Waals surface area (Å²) < 4.78 is 7.90. The van der Waals surface area contributed by atoms with Crippen LogP contribution in [0.2, 0.25) is 0 Å². The van der Waals surface area contributed by atoms with Crippen LogP contribution in [-0.4, -0.2) is 59.9 Å². The zero-order valence-corrected chi connectivity index (χ0v) is 17.7. The van der Waals surface area contributed by atoms with Gasteiger partial charge < -0.3 is 9.64 Å². The molecular weight excluding hydrogens is 386 g/mol. The normalized spacial score (nSPS) is 10.9. The minimum atomic E-state index is -0.0963. The van der Waals surface area contributed by atoms with Crippen LogP contribution in [0.3, 0.4) is 0 Å². The van der Waals surface area contributed by atoms with Crippen LogP contribution in [-0.2, 0) is 7.05 Å². The van der Waals surface area contributed by atoms with Gasteiger partial charge >= 0.3 is 0 Å². The highest BCUT2D eigenvalue weighted by molar-refractivity contribution is 7.22. The first-order valence-electron chi connectivity index (χ1n) is 8.31. The molecule has 1 aromatic carbocycles. The fourth-order valence-corrected chi connectivity index (χ4v) is 3.69. The van der Waals surface area contributed by atoms with Gasteiger partial charge in [0.25, 0.3) is 5.91 Å². The van der Waals surface area contributed by atoms with Gasteiger partial charge in [-0.25, -0.2) is 4.98 Å². The number of nitrogens with zero attached hydrogens (tertiary/aromatic N) is 5. The molecule has 0 fully saturated rings. The van der Waals surface area contributed by atoms with E-state index in [0.29, 0.717) is 17.4 Å². The van der Waals surface area contributed by atoms with Crippen LogP contribution >= 0.6 is 23.7 Å². The summed E-state index contributed by atoms with van der Waals surface area (Å²) in [5.41, 5.74) is 2.23. The number of thiazole rings is 1. The molecule has 0 saturated carbocycles. The molecule has 0 atom stereocenters. The lowest BCUT2D eigenvalue weighted by Gasteiger charge is -2.21. The van der Waals surface area contributed by atoms with E-state index < -0.39 is 0 Å². The Morgan fingerprint density at radius 2 is 2.00 bits per heavy atom. The molecule has 7 nitrogen and oxygen atoms in total. The molecule has 0 unspecified atom stereocenters. The van der Waals surface area contributed by atoms with E-state index in [9.17, 15) is 4.79 Å². The Morgan fingerprint density at radius 1 is 1.26 bits per heavy atom. The van der Waals surface area contributed by atoms with E-state index in [0.717, 1.165) is 28.2 Å². The number of likely N-dealkylation sites (N-methyl/N-ethyl adjacent to an activating group) is 1. The number of carbonyl (C=O) groups excluding carboxylic acids is 1. The molecule has 1 amide bonds. The van der Waals surface area contributed by atoms with Crippen molar-refractivity contribution in [3.63, 3.8) is 0 Å². The largest absolute Gasteiger partial charge is 0.497 e. The summed E-state index contributed by atoms with van der Waals surface area (Å²) >= 11 is 1.49. The molecule has 0 N–H and O–H groups in total. The van der Waals surface area contributed by atoms with Crippen LogP contribution < -0.4 is 9.64 Å². The Kier molecular flexibility index (Phi) is 6.80. The van der Waals surface area contributed by atoms with Gasteiger partial charge in [-0.3, -0.25) is 14.4 Å². The number of carbonyl (C=O) groups is 1. The summed E-state index contributed by atoms with van der Waals surface area (Å²) in [4.78, 5) is 21.6. The number of methoxy groups -OCH3 is 1. The number of aryl methyl sites for hydroxylation is 2. The van der Waals surface area contributed by atoms with Gasteiger partial charge in [-0.2, -0.15) is 5.10 Å². The fraction of sp³-hybridized carbons (Fsp3) is 0.389.